The number of halogens is 3. The Labute approximate surface area is 273 Å². The van der Waals surface area contributed by atoms with Gasteiger partial charge >= 0.3 is 0 Å². The van der Waals surface area contributed by atoms with E-state index >= 15 is 4.39 Å². The minimum absolute atomic E-state index is 0.111. The number of pyridine rings is 1. The van der Waals surface area contributed by atoms with Gasteiger partial charge in [0, 0.05) is 59.9 Å². The number of nitrogens with two attached hydrogens (primary N) is 1. The fourth-order valence-electron chi connectivity index (χ4n) is 6.44. The molecule has 2 aromatic carbocycles. The van der Waals surface area contributed by atoms with Crippen LogP contribution in [0.4, 0.5) is 10.1 Å². The number of hydrogen-bond donors (Lipinski definition) is 3. The molecule has 3 aromatic rings. The van der Waals surface area contributed by atoms with Crippen LogP contribution in [0.15, 0.2) is 65.8 Å². The largest absolute Gasteiger partial charge is 0.381 e. The highest BCUT2D eigenvalue weighted by Crippen LogP contribution is 2.36. The Kier molecular flexibility index (Phi) is 11.1. The van der Waals surface area contributed by atoms with Crippen LogP contribution in [0.2, 0.25) is 10.0 Å². The van der Waals surface area contributed by atoms with E-state index in [0.29, 0.717) is 42.8 Å². The first-order valence-corrected chi connectivity index (χ1v) is 17.3. The normalized spacial score (nSPS) is 21.3. The molecule has 13 heteroatoms. The van der Waals surface area contributed by atoms with E-state index in [4.69, 9.17) is 33.7 Å². The molecule has 45 heavy (non-hydrogen) atoms. The van der Waals surface area contributed by atoms with Crippen LogP contribution < -0.4 is 16.4 Å². The maximum atomic E-state index is 15.3. The van der Waals surface area contributed by atoms with Crippen molar-refractivity contribution in [3.05, 3.63) is 87.9 Å². The smallest absolute Gasteiger partial charge is 0.243 e. The lowest BCUT2D eigenvalue weighted by atomic mass is 9.76. The molecular formula is C32H38Cl2FN5O4S. The minimum Gasteiger partial charge on any atom is -0.381 e. The molecule has 0 saturated carbocycles. The first kappa shape index (κ1) is 33.7. The van der Waals surface area contributed by atoms with Gasteiger partial charge in [-0.1, -0.05) is 35.3 Å². The van der Waals surface area contributed by atoms with E-state index in [2.05, 4.69) is 15.6 Å². The first-order valence-electron chi connectivity index (χ1n) is 15.1. The third kappa shape index (κ3) is 7.85. The maximum absolute atomic E-state index is 15.3. The molecule has 4 N–H and O–H groups in total. The van der Waals surface area contributed by atoms with Gasteiger partial charge in [0.05, 0.1) is 29.0 Å². The Morgan fingerprint density at radius 2 is 1.73 bits per heavy atom. The summed E-state index contributed by atoms with van der Waals surface area (Å²) in [5, 5.41) is 7.14. The summed E-state index contributed by atoms with van der Waals surface area (Å²) in [6, 6.07) is 11.6. The monoisotopic (exact) mass is 677 g/mol. The SMILES string of the molecule is C[C@H]1CNC[C@H](CCc2c(F)cncc2NC(=O)[C@@H](N)[C@@H](c2ccc(Cl)cc2)C2CCOCC2)N1S(=O)(=O)c1ccc(Cl)cc1. The molecule has 4 atom stereocenters. The topological polar surface area (TPSA) is 127 Å². The van der Waals surface area contributed by atoms with Crippen molar-refractivity contribution in [2.45, 2.75) is 61.5 Å². The quantitative estimate of drug-likeness (QED) is 0.276. The van der Waals surface area contributed by atoms with Crippen LogP contribution in [0.3, 0.4) is 0 Å². The zero-order valence-electron chi connectivity index (χ0n) is 25.0. The highest BCUT2D eigenvalue weighted by atomic mass is 35.5. The zero-order chi connectivity index (χ0) is 32.1. The van der Waals surface area contributed by atoms with E-state index in [9.17, 15) is 13.2 Å². The van der Waals surface area contributed by atoms with Crippen molar-refractivity contribution in [1.29, 1.82) is 0 Å². The fourth-order valence-corrected chi connectivity index (χ4v) is 8.53. The van der Waals surface area contributed by atoms with E-state index in [-0.39, 0.29) is 40.4 Å². The van der Waals surface area contributed by atoms with Crippen LogP contribution in [0.1, 0.15) is 43.2 Å². The number of benzene rings is 2. The summed E-state index contributed by atoms with van der Waals surface area (Å²) in [5.74, 6) is -1.25. The third-order valence-electron chi connectivity index (χ3n) is 8.71. The number of nitrogens with one attached hydrogen (secondary N) is 2. The van der Waals surface area contributed by atoms with Gasteiger partial charge in [-0.2, -0.15) is 4.31 Å². The van der Waals surface area contributed by atoms with Crippen molar-refractivity contribution >= 4 is 44.8 Å². The van der Waals surface area contributed by atoms with Gasteiger partial charge in [0.25, 0.3) is 0 Å². The number of anilines is 1. The summed E-state index contributed by atoms with van der Waals surface area (Å²) in [4.78, 5) is 17.8. The lowest BCUT2D eigenvalue weighted by molar-refractivity contribution is -0.118. The molecule has 2 aliphatic rings. The molecule has 1 amide bonds. The van der Waals surface area contributed by atoms with Crippen LogP contribution in [0.25, 0.3) is 0 Å². The fraction of sp³-hybridized carbons (Fsp3) is 0.438. The van der Waals surface area contributed by atoms with Gasteiger partial charge < -0.3 is 21.1 Å². The molecule has 2 aliphatic heterocycles. The summed E-state index contributed by atoms with van der Waals surface area (Å²) in [7, 11) is -3.86. The second-order valence-electron chi connectivity index (χ2n) is 11.7. The molecule has 2 fully saturated rings. The maximum Gasteiger partial charge on any atom is 0.243 e. The number of piperazine rings is 1. The highest BCUT2D eigenvalue weighted by molar-refractivity contribution is 7.89. The second-order valence-corrected chi connectivity index (χ2v) is 14.4. The minimum atomic E-state index is -3.86. The van der Waals surface area contributed by atoms with Gasteiger partial charge in [0.15, 0.2) is 0 Å². The van der Waals surface area contributed by atoms with Crippen molar-refractivity contribution in [3.63, 3.8) is 0 Å². The zero-order valence-corrected chi connectivity index (χ0v) is 27.3. The predicted molar refractivity (Wildman–Crippen MR) is 173 cm³/mol. The molecule has 0 unspecified atom stereocenters. The molecular weight excluding hydrogens is 640 g/mol. The molecule has 0 bridgehead atoms. The number of rotatable bonds is 10. The highest BCUT2D eigenvalue weighted by Gasteiger charge is 2.38. The number of aromatic nitrogens is 1. The average Bonchev–Trinajstić information content (AvgIpc) is 3.02. The van der Waals surface area contributed by atoms with Crippen LogP contribution in [0, 0.1) is 11.7 Å². The number of nitrogens with zero attached hydrogens (tertiary/aromatic N) is 2. The molecule has 242 valence electrons. The molecule has 2 saturated heterocycles. The molecule has 0 spiro atoms. The molecule has 5 rings (SSSR count). The summed E-state index contributed by atoms with van der Waals surface area (Å²) in [6.45, 7) is 3.88. The number of hydrogen-bond acceptors (Lipinski definition) is 7. The van der Waals surface area contributed by atoms with Crippen LogP contribution in [0.5, 0.6) is 0 Å². The van der Waals surface area contributed by atoms with Crippen molar-refractivity contribution in [1.82, 2.24) is 14.6 Å². The van der Waals surface area contributed by atoms with Crippen molar-refractivity contribution < 1.29 is 22.3 Å². The lowest BCUT2D eigenvalue weighted by Crippen LogP contribution is -2.58. The van der Waals surface area contributed by atoms with E-state index in [0.717, 1.165) is 24.6 Å². The predicted octanol–water partition coefficient (Wildman–Crippen LogP) is 4.99. The van der Waals surface area contributed by atoms with Crippen molar-refractivity contribution in [3.8, 4) is 0 Å². The summed E-state index contributed by atoms with van der Waals surface area (Å²) < 4.78 is 49.7. The molecule has 0 radical (unpaired) electrons. The van der Waals surface area contributed by atoms with Crippen LogP contribution in [-0.4, -0.2) is 68.0 Å². The summed E-state index contributed by atoms with van der Waals surface area (Å²) in [6.07, 6.45) is 4.46. The Morgan fingerprint density at radius 1 is 1.09 bits per heavy atom. The Hall–Kier alpha value is -2.64. The third-order valence-corrected chi connectivity index (χ3v) is 11.3. The molecule has 0 aliphatic carbocycles. The molecule has 3 heterocycles. The lowest BCUT2D eigenvalue weighted by Gasteiger charge is -2.40. The van der Waals surface area contributed by atoms with E-state index < -0.39 is 33.8 Å². The standard InChI is InChI=1S/C32H38Cl2FN5O4S/c1-20-16-37-17-25(40(20)45(42,43)26-9-6-24(34)7-10-26)8-11-27-28(35)18-38-19-29(27)39-32(41)31(36)30(22-12-14-44-15-13-22)21-2-4-23(33)5-3-21/h2-7,9-10,18-20,22,25,30-31,37H,8,11-17,36H2,1H3,(H,39,41)/t20-,25-,30-,31-/m0/s1. The number of carbonyl (C=O) groups is 1. The number of carbonyl (C=O) groups excluding carboxylic acids is 1. The first-order chi connectivity index (χ1) is 21.6. The van der Waals surface area contributed by atoms with E-state index in [1.807, 2.05) is 19.1 Å². The molecule has 1 aromatic heterocycles. The van der Waals surface area contributed by atoms with E-state index in [1.54, 1.807) is 24.3 Å². The summed E-state index contributed by atoms with van der Waals surface area (Å²) in [5.41, 5.74) is 7.99. The second kappa shape index (κ2) is 14.8. The van der Waals surface area contributed by atoms with Crippen LogP contribution in [-0.2, 0) is 26.0 Å². The van der Waals surface area contributed by atoms with Crippen molar-refractivity contribution in [2.75, 3.05) is 31.6 Å². The van der Waals surface area contributed by atoms with Gasteiger partial charge in [-0.3, -0.25) is 9.78 Å². The average molecular weight is 679 g/mol. The van der Waals surface area contributed by atoms with Crippen LogP contribution >= 0.6 is 23.2 Å². The van der Waals surface area contributed by atoms with Gasteiger partial charge in [-0.05, 0) is 80.5 Å². The van der Waals surface area contributed by atoms with Gasteiger partial charge in [0.2, 0.25) is 15.9 Å². The Morgan fingerprint density at radius 3 is 2.40 bits per heavy atom. The Bertz CT molecular complexity index is 1570. The van der Waals surface area contributed by atoms with Gasteiger partial charge in [-0.15, -0.1) is 0 Å². The van der Waals surface area contributed by atoms with Gasteiger partial charge in [0.1, 0.15) is 5.82 Å². The van der Waals surface area contributed by atoms with Gasteiger partial charge in [-0.25, -0.2) is 12.8 Å². The van der Waals surface area contributed by atoms with E-state index in [1.165, 1.54) is 22.6 Å². The Balaban J connectivity index is 1.35. The number of amides is 1. The number of ether oxygens (including phenoxy) is 1. The summed E-state index contributed by atoms with van der Waals surface area (Å²) >= 11 is 12.1. The number of sulfonamides is 1. The van der Waals surface area contributed by atoms with Crippen molar-refractivity contribution in [2.24, 2.45) is 11.7 Å². The molecule has 9 nitrogen and oxygen atoms in total.